The highest BCUT2D eigenvalue weighted by atomic mass is 16.5. The Morgan fingerprint density at radius 3 is 2.97 bits per heavy atom. The quantitative estimate of drug-likeness (QED) is 0.559. The molecule has 1 fully saturated rings. The maximum Gasteiger partial charge on any atom is 0.272 e. The van der Waals surface area contributed by atoms with Crippen LogP contribution in [0.2, 0.25) is 0 Å². The van der Waals surface area contributed by atoms with Crippen LogP contribution in [-0.2, 0) is 23.0 Å². The highest BCUT2D eigenvalue weighted by Gasteiger charge is 2.25. The van der Waals surface area contributed by atoms with Crippen LogP contribution in [0.3, 0.4) is 0 Å². The zero-order valence-electron chi connectivity index (χ0n) is 18.0. The van der Waals surface area contributed by atoms with Gasteiger partial charge in [-0.2, -0.15) is 0 Å². The number of amides is 1. The van der Waals surface area contributed by atoms with E-state index in [0.29, 0.717) is 44.2 Å². The van der Waals surface area contributed by atoms with Crippen LogP contribution in [0.25, 0.3) is 11.0 Å². The molecule has 4 rings (SSSR count). The Labute approximate surface area is 186 Å². The minimum atomic E-state index is -0.228. The minimum absolute atomic E-state index is 0.0235. The molecule has 1 aromatic heterocycles. The molecule has 1 aliphatic heterocycles. The van der Waals surface area contributed by atoms with Crippen molar-refractivity contribution in [3.8, 4) is 18.1 Å². The lowest BCUT2D eigenvalue weighted by Gasteiger charge is -2.33. The number of carbonyl (C=O) groups is 1. The fourth-order valence-electron chi connectivity index (χ4n) is 3.80. The molecule has 1 aliphatic rings. The van der Waals surface area contributed by atoms with Gasteiger partial charge in [0.2, 0.25) is 5.91 Å². The minimum Gasteiger partial charge on any atom is -0.491 e. The van der Waals surface area contributed by atoms with Crippen molar-refractivity contribution in [2.45, 2.75) is 18.9 Å². The number of carbonyl (C=O) groups excluding carboxylic acids is 1. The number of hydrogen-bond donors (Lipinski definition) is 0. The van der Waals surface area contributed by atoms with Crippen LogP contribution in [-0.4, -0.2) is 52.8 Å². The zero-order valence-corrected chi connectivity index (χ0v) is 18.0. The van der Waals surface area contributed by atoms with Crippen LogP contribution < -0.4 is 10.3 Å². The van der Waals surface area contributed by atoms with Gasteiger partial charge in [0.05, 0.1) is 24.2 Å². The molecule has 0 radical (unpaired) electrons. The first-order valence-corrected chi connectivity index (χ1v) is 10.6. The topological polar surface area (TPSA) is 73.7 Å². The Kier molecular flexibility index (Phi) is 6.52. The van der Waals surface area contributed by atoms with E-state index < -0.39 is 0 Å². The molecule has 1 saturated heterocycles. The molecule has 0 bridgehead atoms. The summed E-state index contributed by atoms with van der Waals surface area (Å²) in [5, 5.41) is 0. The van der Waals surface area contributed by atoms with Crippen molar-refractivity contribution in [2.24, 2.45) is 7.05 Å². The first-order chi connectivity index (χ1) is 15.5. The number of benzene rings is 2. The Hall–Kier alpha value is -3.63. The van der Waals surface area contributed by atoms with Crippen LogP contribution in [0.1, 0.15) is 17.7 Å². The molecule has 0 saturated carbocycles. The fraction of sp³-hybridized carbons (Fsp3) is 0.320. The van der Waals surface area contributed by atoms with Gasteiger partial charge in [0.15, 0.2) is 0 Å². The van der Waals surface area contributed by atoms with E-state index in [-0.39, 0.29) is 24.0 Å². The number of fused-ring (bicyclic) bond motifs is 1. The molecule has 0 N–H and O–H groups in total. The second-order valence-electron chi connectivity index (χ2n) is 7.73. The van der Waals surface area contributed by atoms with Crippen LogP contribution >= 0.6 is 0 Å². The van der Waals surface area contributed by atoms with Gasteiger partial charge < -0.3 is 18.9 Å². The normalized spacial score (nSPS) is 16.0. The molecule has 1 atom stereocenters. The summed E-state index contributed by atoms with van der Waals surface area (Å²) in [5.41, 5.74) is 2.50. The Morgan fingerprint density at radius 2 is 2.12 bits per heavy atom. The highest BCUT2D eigenvalue weighted by molar-refractivity contribution is 5.77. The molecule has 7 heteroatoms. The van der Waals surface area contributed by atoms with Crippen molar-refractivity contribution in [3.63, 3.8) is 0 Å². The first kappa shape index (κ1) is 21.6. The average molecular weight is 431 g/mol. The average Bonchev–Trinajstić information content (AvgIpc) is 2.84. The smallest absolute Gasteiger partial charge is 0.272 e. The maximum atomic E-state index is 12.8. The SMILES string of the molecule is C#Cc1cccc(OCC2CN(C(=O)CCc3nc4ccccc4n(C)c3=O)CCO2)c1. The molecule has 0 aliphatic carbocycles. The van der Waals surface area contributed by atoms with Crippen molar-refractivity contribution in [2.75, 3.05) is 26.3 Å². The largest absolute Gasteiger partial charge is 0.491 e. The summed E-state index contributed by atoms with van der Waals surface area (Å²) in [6, 6.07) is 14.8. The Morgan fingerprint density at radius 1 is 1.28 bits per heavy atom. The van der Waals surface area contributed by atoms with Gasteiger partial charge in [0.1, 0.15) is 24.2 Å². The van der Waals surface area contributed by atoms with Gasteiger partial charge >= 0.3 is 0 Å². The molecule has 2 aromatic carbocycles. The van der Waals surface area contributed by atoms with Gasteiger partial charge in [0.25, 0.3) is 5.56 Å². The standard InChI is InChI=1S/C25H25N3O4/c1-3-18-7-6-8-19(15-18)32-17-20-16-28(13-14-31-20)24(29)12-11-22-25(30)27(2)23-10-5-4-9-21(23)26-22/h1,4-10,15,20H,11-14,16-17H2,2H3. The third-order valence-corrected chi connectivity index (χ3v) is 5.55. The van der Waals surface area contributed by atoms with Crippen LogP contribution in [0, 0.1) is 12.3 Å². The number of para-hydroxylation sites is 2. The van der Waals surface area contributed by atoms with Crippen molar-refractivity contribution in [1.82, 2.24) is 14.5 Å². The van der Waals surface area contributed by atoms with Crippen molar-refractivity contribution in [3.05, 3.63) is 70.1 Å². The number of rotatable bonds is 6. The summed E-state index contributed by atoms with van der Waals surface area (Å²) in [6.45, 7) is 1.73. The molecular weight excluding hydrogens is 406 g/mol. The molecular formula is C25H25N3O4. The molecule has 3 aromatic rings. The second-order valence-corrected chi connectivity index (χ2v) is 7.73. The number of terminal acetylenes is 1. The van der Waals surface area contributed by atoms with E-state index >= 15 is 0 Å². The molecule has 32 heavy (non-hydrogen) atoms. The summed E-state index contributed by atoms with van der Waals surface area (Å²) >= 11 is 0. The number of nitrogens with zero attached hydrogens (tertiary/aromatic N) is 3. The van der Waals surface area contributed by atoms with Crippen molar-refractivity contribution < 1.29 is 14.3 Å². The summed E-state index contributed by atoms with van der Waals surface area (Å²) in [7, 11) is 1.73. The van der Waals surface area contributed by atoms with Gasteiger partial charge in [-0.25, -0.2) is 4.98 Å². The molecule has 7 nitrogen and oxygen atoms in total. The Balaban J connectivity index is 1.34. The van der Waals surface area contributed by atoms with Gasteiger partial charge in [-0.1, -0.05) is 24.1 Å². The van der Waals surface area contributed by atoms with E-state index in [2.05, 4.69) is 10.9 Å². The van der Waals surface area contributed by atoms with Gasteiger partial charge in [-0.15, -0.1) is 6.42 Å². The molecule has 0 spiro atoms. The van der Waals surface area contributed by atoms with E-state index in [4.69, 9.17) is 15.9 Å². The summed E-state index contributed by atoms with van der Waals surface area (Å²) in [6.07, 6.45) is 5.72. The molecule has 1 unspecified atom stereocenters. The third-order valence-electron chi connectivity index (χ3n) is 5.55. The molecule has 2 heterocycles. The van der Waals surface area contributed by atoms with Gasteiger partial charge in [-0.3, -0.25) is 9.59 Å². The van der Waals surface area contributed by atoms with Gasteiger partial charge in [-0.05, 0) is 30.3 Å². The van der Waals surface area contributed by atoms with E-state index in [9.17, 15) is 9.59 Å². The number of hydrogen-bond acceptors (Lipinski definition) is 5. The lowest BCUT2D eigenvalue weighted by molar-refractivity contribution is -0.139. The van der Waals surface area contributed by atoms with Crippen LogP contribution in [0.15, 0.2) is 53.3 Å². The second kappa shape index (κ2) is 9.67. The summed E-state index contributed by atoms with van der Waals surface area (Å²) < 4.78 is 13.1. The highest BCUT2D eigenvalue weighted by Crippen LogP contribution is 2.15. The van der Waals surface area contributed by atoms with E-state index in [1.807, 2.05) is 42.5 Å². The first-order valence-electron chi connectivity index (χ1n) is 10.6. The summed E-state index contributed by atoms with van der Waals surface area (Å²) in [4.78, 5) is 31.7. The van der Waals surface area contributed by atoms with Crippen LogP contribution in [0.4, 0.5) is 0 Å². The van der Waals surface area contributed by atoms with Crippen molar-refractivity contribution >= 4 is 16.9 Å². The van der Waals surface area contributed by atoms with Crippen LogP contribution in [0.5, 0.6) is 5.75 Å². The Bertz CT molecular complexity index is 1230. The van der Waals surface area contributed by atoms with E-state index in [0.717, 1.165) is 16.6 Å². The number of morpholine rings is 1. The van der Waals surface area contributed by atoms with E-state index in [1.54, 1.807) is 22.6 Å². The number of ether oxygens (including phenoxy) is 2. The third kappa shape index (κ3) is 4.82. The predicted molar refractivity (Wildman–Crippen MR) is 121 cm³/mol. The maximum absolute atomic E-state index is 12.8. The molecule has 164 valence electrons. The fourth-order valence-corrected chi connectivity index (χ4v) is 3.80. The summed E-state index contributed by atoms with van der Waals surface area (Å²) in [5.74, 6) is 3.23. The predicted octanol–water partition coefficient (Wildman–Crippen LogP) is 2.15. The molecule has 1 amide bonds. The van der Waals surface area contributed by atoms with Gasteiger partial charge in [0, 0.05) is 32.0 Å². The monoisotopic (exact) mass is 431 g/mol. The number of aryl methyl sites for hydroxylation is 2. The number of aromatic nitrogens is 2. The van der Waals surface area contributed by atoms with E-state index in [1.165, 1.54) is 0 Å². The van der Waals surface area contributed by atoms with Crippen molar-refractivity contribution in [1.29, 1.82) is 0 Å². The zero-order chi connectivity index (χ0) is 22.5. The lowest BCUT2D eigenvalue weighted by Crippen LogP contribution is -2.47. The lowest BCUT2D eigenvalue weighted by atomic mass is 10.2.